The lowest BCUT2D eigenvalue weighted by molar-refractivity contribution is -0.870. The second-order valence-electron chi connectivity index (χ2n) is 18.2. The Morgan fingerprint density at radius 2 is 0.875 bits per heavy atom. The number of phosphoric acid groups is 1. The van der Waals surface area contributed by atoms with Gasteiger partial charge in [0.05, 0.1) is 27.7 Å². The van der Waals surface area contributed by atoms with E-state index in [1.54, 1.807) is 0 Å². The molecule has 0 aromatic rings. The molecule has 0 amide bonds. The van der Waals surface area contributed by atoms with E-state index >= 15 is 0 Å². The van der Waals surface area contributed by atoms with E-state index in [9.17, 15) is 19.0 Å². The zero-order valence-electron chi connectivity index (χ0n) is 41.7. The van der Waals surface area contributed by atoms with Crippen molar-refractivity contribution in [3.63, 3.8) is 0 Å². The van der Waals surface area contributed by atoms with Crippen molar-refractivity contribution in [2.45, 2.75) is 213 Å². The van der Waals surface area contributed by atoms with Gasteiger partial charge >= 0.3 is 11.9 Å². The normalized spacial score (nSPS) is 14.0. The molecule has 0 saturated carbocycles. The molecule has 1 unspecified atom stereocenters. The maximum atomic E-state index is 12.7. The molecular formula is C54H96NO8P. The van der Waals surface area contributed by atoms with Crippen LogP contribution in [0.4, 0.5) is 0 Å². The SMILES string of the molecule is CCCCC/C=C/C/C=C/C/C=C/C/C=C/C/C=C/CCC(=O)OC[C@H](COP(=O)([O-])OCC[N+](C)(C)C)OC(=O)CCCCCCCCCCCCC/C=C/CCCCCCCC. The number of phosphoric ester groups is 1. The molecule has 0 aromatic heterocycles. The smallest absolute Gasteiger partial charge is 0.306 e. The van der Waals surface area contributed by atoms with Gasteiger partial charge in [-0.2, -0.15) is 0 Å². The third-order valence-electron chi connectivity index (χ3n) is 10.7. The van der Waals surface area contributed by atoms with Crippen molar-refractivity contribution in [1.82, 2.24) is 0 Å². The summed E-state index contributed by atoms with van der Waals surface area (Å²) in [6.45, 7) is 4.12. The predicted molar refractivity (Wildman–Crippen MR) is 268 cm³/mol. The number of hydrogen-bond donors (Lipinski definition) is 0. The summed E-state index contributed by atoms with van der Waals surface area (Å²) < 4.78 is 33.9. The third-order valence-corrected chi connectivity index (χ3v) is 11.7. The third kappa shape index (κ3) is 48.9. The summed E-state index contributed by atoms with van der Waals surface area (Å²) in [5, 5.41) is 0. The van der Waals surface area contributed by atoms with Crippen LogP contribution in [0.1, 0.15) is 206 Å². The lowest BCUT2D eigenvalue weighted by Gasteiger charge is -2.28. The second-order valence-corrected chi connectivity index (χ2v) is 19.6. The first-order valence-electron chi connectivity index (χ1n) is 25.6. The molecule has 64 heavy (non-hydrogen) atoms. The summed E-state index contributed by atoms with van der Waals surface area (Å²) in [7, 11) is 1.12. The number of carbonyl (C=O) groups is 2. The highest BCUT2D eigenvalue weighted by molar-refractivity contribution is 7.45. The van der Waals surface area contributed by atoms with Crippen LogP contribution in [0.5, 0.6) is 0 Å². The molecule has 0 aromatic carbocycles. The van der Waals surface area contributed by atoms with Crippen LogP contribution in [0.25, 0.3) is 0 Å². The van der Waals surface area contributed by atoms with E-state index in [0.717, 1.165) is 44.9 Å². The van der Waals surface area contributed by atoms with Crippen LogP contribution in [0.3, 0.4) is 0 Å². The van der Waals surface area contributed by atoms with Crippen molar-refractivity contribution in [2.75, 3.05) is 47.5 Å². The van der Waals surface area contributed by atoms with Gasteiger partial charge in [-0.3, -0.25) is 14.2 Å². The molecule has 0 spiro atoms. The molecule has 10 heteroatoms. The number of nitrogens with zero attached hydrogens (tertiary/aromatic N) is 1. The van der Waals surface area contributed by atoms with Gasteiger partial charge < -0.3 is 27.9 Å². The highest BCUT2D eigenvalue weighted by Gasteiger charge is 2.21. The van der Waals surface area contributed by atoms with Gasteiger partial charge in [-0.1, -0.05) is 189 Å². The van der Waals surface area contributed by atoms with E-state index in [-0.39, 0.29) is 26.1 Å². The predicted octanol–water partition coefficient (Wildman–Crippen LogP) is 14.7. The van der Waals surface area contributed by atoms with E-state index in [4.69, 9.17) is 18.5 Å². The highest BCUT2D eigenvalue weighted by atomic mass is 31.2. The van der Waals surface area contributed by atoms with Crippen LogP contribution >= 0.6 is 7.82 Å². The maximum Gasteiger partial charge on any atom is 0.306 e. The quantitative estimate of drug-likeness (QED) is 0.0195. The summed E-state index contributed by atoms with van der Waals surface area (Å²) in [5.74, 6) is -0.931. The molecule has 0 bridgehead atoms. The average Bonchev–Trinajstić information content (AvgIpc) is 3.25. The van der Waals surface area contributed by atoms with Crippen LogP contribution in [-0.4, -0.2) is 70.0 Å². The lowest BCUT2D eigenvalue weighted by atomic mass is 10.0. The molecule has 0 saturated heterocycles. The zero-order valence-corrected chi connectivity index (χ0v) is 42.6. The molecule has 370 valence electrons. The minimum atomic E-state index is -4.65. The summed E-state index contributed by atoms with van der Waals surface area (Å²) in [6, 6.07) is 0. The molecule has 9 nitrogen and oxygen atoms in total. The summed E-state index contributed by atoms with van der Waals surface area (Å²) in [4.78, 5) is 37.7. The second kappa shape index (κ2) is 45.6. The van der Waals surface area contributed by atoms with Crippen molar-refractivity contribution in [2.24, 2.45) is 0 Å². The monoisotopic (exact) mass is 918 g/mol. The van der Waals surface area contributed by atoms with Crippen molar-refractivity contribution in [3.05, 3.63) is 72.9 Å². The van der Waals surface area contributed by atoms with Crippen molar-refractivity contribution in [1.29, 1.82) is 0 Å². The Balaban J connectivity index is 4.36. The molecule has 0 N–H and O–H groups in total. The Labute approximate surface area is 393 Å². The number of carbonyl (C=O) groups excluding carboxylic acids is 2. The van der Waals surface area contributed by atoms with Crippen molar-refractivity contribution < 1.29 is 42.1 Å². The number of hydrogen-bond acceptors (Lipinski definition) is 8. The number of ether oxygens (including phenoxy) is 2. The van der Waals surface area contributed by atoms with Crippen LogP contribution < -0.4 is 4.89 Å². The topological polar surface area (TPSA) is 111 Å². The largest absolute Gasteiger partial charge is 0.756 e. The molecule has 2 atom stereocenters. The van der Waals surface area contributed by atoms with E-state index in [0.29, 0.717) is 23.9 Å². The Hall–Kier alpha value is -2.55. The minimum Gasteiger partial charge on any atom is -0.756 e. The standard InChI is InChI=1S/C54H96NO8P/c1-6-8-10-12-14-16-18-20-22-24-26-27-29-31-33-35-37-39-41-43-45-47-54(57)63-52(51-62-64(58,59)61-49-48-55(3,4)5)50-60-53(56)46-44-42-40-38-36-34-32-30-28-25-23-21-19-17-15-13-11-9-7-2/h15,17,20-23,28,30,34,36,40,42,52H,6-14,16,18-19,24-27,29,31-33,35,37-39,41,43-51H2,1-5H3/b17-15+,22-20+,23-21+,30-28+,36-34+,42-40+/t52-/m1/s1. The van der Waals surface area contributed by atoms with Gasteiger partial charge in [0.15, 0.2) is 6.10 Å². The van der Waals surface area contributed by atoms with Crippen LogP contribution in [0.15, 0.2) is 72.9 Å². The number of quaternary nitrogens is 1. The Morgan fingerprint density at radius 3 is 1.36 bits per heavy atom. The molecule has 0 radical (unpaired) electrons. The lowest BCUT2D eigenvalue weighted by Crippen LogP contribution is -2.37. The Kier molecular flexibility index (Phi) is 43.8. The number of rotatable bonds is 46. The summed E-state index contributed by atoms with van der Waals surface area (Å²) >= 11 is 0. The first-order valence-corrected chi connectivity index (χ1v) is 27.1. The Bertz CT molecular complexity index is 1310. The van der Waals surface area contributed by atoms with Gasteiger partial charge in [-0.05, 0) is 77.0 Å². The van der Waals surface area contributed by atoms with Crippen LogP contribution in [0, 0.1) is 0 Å². The van der Waals surface area contributed by atoms with E-state index in [1.807, 2.05) is 33.3 Å². The molecule has 0 fully saturated rings. The van der Waals surface area contributed by atoms with Gasteiger partial charge in [-0.25, -0.2) is 0 Å². The summed E-state index contributed by atoms with van der Waals surface area (Å²) in [6.07, 6.45) is 58.0. The fourth-order valence-corrected chi connectivity index (χ4v) is 7.42. The van der Waals surface area contributed by atoms with Crippen molar-refractivity contribution >= 4 is 19.8 Å². The fraction of sp³-hybridized carbons (Fsp3) is 0.741. The van der Waals surface area contributed by atoms with Gasteiger partial charge in [-0.15, -0.1) is 0 Å². The molecule has 0 rings (SSSR count). The van der Waals surface area contributed by atoms with Crippen LogP contribution in [0.2, 0.25) is 0 Å². The van der Waals surface area contributed by atoms with Gasteiger partial charge in [0.2, 0.25) is 0 Å². The van der Waals surface area contributed by atoms with Crippen LogP contribution in [-0.2, 0) is 32.7 Å². The average molecular weight is 918 g/mol. The first kappa shape index (κ1) is 61.5. The van der Waals surface area contributed by atoms with E-state index in [1.165, 1.54) is 122 Å². The minimum absolute atomic E-state index is 0.0445. The summed E-state index contributed by atoms with van der Waals surface area (Å²) in [5.41, 5.74) is 0. The van der Waals surface area contributed by atoms with Gasteiger partial charge in [0.25, 0.3) is 7.82 Å². The zero-order chi connectivity index (χ0) is 47.1. The molecule has 0 aliphatic heterocycles. The highest BCUT2D eigenvalue weighted by Crippen LogP contribution is 2.38. The first-order chi connectivity index (χ1) is 31.0. The maximum absolute atomic E-state index is 12.7. The molecule has 0 aliphatic rings. The number of likely N-dealkylation sites (N-methyl/N-ethyl adjacent to an activating group) is 1. The van der Waals surface area contributed by atoms with Crippen molar-refractivity contribution in [3.8, 4) is 0 Å². The molecule has 0 aliphatic carbocycles. The Morgan fingerprint density at radius 1 is 0.484 bits per heavy atom. The molecular weight excluding hydrogens is 822 g/mol. The number of esters is 2. The molecule has 0 heterocycles. The number of allylic oxidation sites excluding steroid dienone is 12. The van der Waals surface area contributed by atoms with E-state index < -0.39 is 32.5 Å². The fourth-order valence-electron chi connectivity index (χ4n) is 6.69. The number of unbranched alkanes of at least 4 members (excludes halogenated alkanes) is 20. The van der Waals surface area contributed by atoms with Gasteiger partial charge in [0, 0.05) is 12.8 Å². The van der Waals surface area contributed by atoms with E-state index in [2.05, 4.69) is 74.6 Å². The van der Waals surface area contributed by atoms with Gasteiger partial charge in [0.1, 0.15) is 19.8 Å².